The average molecular weight is 439 g/mol. The Bertz CT molecular complexity index is 967. The molecule has 146 valence electrons. The van der Waals surface area contributed by atoms with Crippen molar-refractivity contribution in [3.63, 3.8) is 0 Å². The molecule has 1 aliphatic rings. The van der Waals surface area contributed by atoms with Crippen LogP contribution in [0.25, 0.3) is 6.08 Å². The summed E-state index contributed by atoms with van der Waals surface area (Å²) in [6, 6.07) is 8.48. The summed E-state index contributed by atoms with van der Waals surface area (Å²) in [4.78, 5) is 17.2. The van der Waals surface area contributed by atoms with Crippen LogP contribution in [0.15, 0.2) is 40.2 Å². The van der Waals surface area contributed by atoms with E-state index in [0.29, 0.717) is 43.1 Å². The van der Waals surface area contributed by atoms with Gasteiger partial charge in [-0.05, 0) is 53.7 Å². The van der Waals surface area contributed by atoms with Crippen LogP contribution in [0.1, 0.15) is 5.56 Å². The van der Waals surface area contributed by atoms with Crippen molar-refractivity contribution in [2.45, 2.75) is 0 Å². The molecule has 0 unspecified atom stereocenters. The monoisotopic (exact) mass is 438 g/mol. The summed E-state index contributed by atoms with van der Waals surface area (Å²) in [5, 5.41) is 4.06. The minimum absolute atomic E-state index is 0.261. The topological polar surface area (TPSA) is 69.2 Å². The van der Waals surface area contributed by atoms with E-state index < -0.39 is 0 Å². The number of nitrogens with one attached hydrogen (secondary N) is 1. The molecule has 1 heterocycles. The van der Waals surface area contributed by atoms with Gasteiger partial charge in [0.15, 0.2) is 16.7 Å². The molecule has 0 atom stereocenters. The lowest BCUT2D eigenvalue weighted by Gasteiger charge is -2.12. The molecule has 1 aliphatic heterocycles. The Morgan fingerprint density at radius 2 is 1.71 bits per heavy atom. The molecule has 1 N–H and O–H groups in total. The second-order valence-electron chi connectivity index (χ2n) is 5.54. The number of hydrogen-bond donors (Lipinski definition) is 1. The predicted octanol–water partition coefficient (Wildman–Crippen LogP) is 4.91. The van der Waals surface area contributed by atoms with Crippen molar-refractivity contribution in [2.75, 3.05) is 21.3 Å². The number of halogens is 2. The van der Waals surface area contributed by atoms with E-state index in [2.05, 4.69) is 10.3 Å². The van der Waals surface area contributed by atoms with Crippen LogP contribution in [0.4, 0.5) is 5.69 Å². The van der Waals surface area contributed by atoms with Gasteiger partial charge in [0.2, 0.25) is 5.75 Å². The number of amidine groups is 1. The zero-order valence-electron chi connectivity index (χ0n) is 15.2. The Morgan fingerprint density at radius 1 is 1.04 bits per heavy atom. The zero-order chi connectivity index (χ0) is 20.3. The molecule has 2 aromatic carbocycles. The molecule has 1 saturated heterocycles. The van der Waals surface area contributed by atoms with E-state index in [9.17, 15) is 4.79 Å². The fourth-order valence-corrected chi connectivity index (χ4v) is 3.78. The van der Waals surface area contributed by atoms with Gasteiger partial charge >= 0.3 is 0 Å². The second-order valence-corrected chi connectivity index (χ2v) is 7.41. The lowest BCUT2D eigenvalue weighted by Crippen LogP contribution is -2.19. The van der Waals surface area contributed by atoms with Crippen molar-refractivity contribution in [1.29, 1.82) is 0 Å². The first-order chi connectivity index (χ1) is 13.4. The molecule has 2 aromatic rings. The number of hydrogen-bond acceptors (Lipinski definition) is 6. The van der Waals surface area contributed by atoms with Crippen LogP contribution in [0.5, 0.6) is 17.2 Å². The van der Waals surface area contributed by atoms with Crippen molar-refractivity contribution >= 4 is 57.8 Å². The van der Waals surface area contributed by atoms with Gasteiger partial charge in [0.25, 0.3) is 5.91 Å². The van der Waals surface area contributed by atoms with Crippen LogP contribution in [0.2, 0.25) is 10.0 Å². The third-order valence-corrected chi connectivity index (χ3v) is 5.22. The minimum Gasteiger partial charge on any atom is -0.493 e. The maximum absolute atomic E-state index is 12.3. The standard InChI is InChI=1S/C19H16Cl2N2O4S/c1-25-14-6-10(7-15(26-2)17(14)27-3)8-16-18(24)23-19(28-16)22-13-5-4-11(20)9-12(13)21/h4-9H,1-3H3,(H,22,23,24)/b16-8-. The van der Waals surface area contributed by atoms with Gasteiger partial charge in [0.1, 0.15) is 0 Å². The normalized spacial score (nSPS) is 16.4. The lowest BCUT2D eigenvalue weighted by molar-refractivity contribution is -0.115. The van der Waals surface area contributed by atoms with E-state index in [-0.39, 0.29) is 5.91 Å². The van der Waals surface area contributed by atoms with Gasteiger partial charge < -0.3 is 19.5 Å². The predicted molar refractivity (Wildman–Crippen MR) is 113 cm³/mol. The summed E-state index contributed by atoms with van der Waals surface area (Å²) in [5.41, 5.74) is 1.24. The molecule has 28 heavy (non-hydrogen) atoms. The van der Waals surface area contributed by atoms with Crippen molar-refractivity contribution in [1.82, 2.24) is 5.32 Å². The molecular weight excluding hydrogens is 423 g/mol. The maximum atomic E-state index is 12.3. The first kappa shape index (κ1) is 20.4. The number of ether oxygens (including phenoxy) is 3. The molecule has 1 fully saturated rings. The Hall–Kier alpha value is -2.35. The van der Waals surface area contributed by atoms with Gasteiger partial charge in [0.05, 0.1) is 36.9 Å². The van der Waals surface area contributed by atoms with Crippen LogP contribution >= 0.6 is 35.0 Å². The zero-order valence-corrected chi connectivity index (χ0v) is 17.5. The van der Waals surface area contributed by atoms with E-state index in [1.807, 2.05) is 0 Å². The largest absolute Gasteiger partial charge is 0.493 e. The maximum Gasteiger partial charge on any atom is 0.264 e. The van der Waals surface area contributed by atoms with Gasteiger partial charge in [-0.2, -0.15) is 0 Å². The smallest absolute Gasteiger partial charge is 0.264 e. The molecule has 9 heteroatoms. The Kier molecular flexibility index (Phi) is 6.39. The van der Waals surface area contributed by atoms with Gasteiger partial charge in [-0.3, -0.25) is 4.79 Å². The van der Waals surface area contributed by atoms with Crippen LogP contribution < -0.4 is 19.5 Å². The van der Waals surface area contributed by atoms with E-state index >= 15 is 0 Å². The third-order valence-electron chi connectivity index (χ3n) is 3.77. The van der Waals surface area contributed by atoms with Gasteiger partial charge in [0, 0.05) is 5.02 Å². The highest BCUT2D eigenvalue weighted by atomic mass is 35.5. The van der Waals surface area contributed by atoms with Crippen molar-refractivity contribution in [2.24, 2.45) is 4.99 Å². The summed E-state index contributed by atoms with van der Waals surface area (Å²) in [7, 11) is 4.60. The first-order valence-electron chi connectivity index (χ1n) is 7.99. The molecule has 0 radical (unpaired) electrons. The number of nitrogens with zero attached hydrogens (tertiary/aromatic N) is 1. The van der Waals surface area contributed by atoms with E-state index in [0.717, 1.165) is 5.56 Å². The Balaban J connectivity index is 1.91. The van der Waals surface area contributed by atoms with Crippen LogP contribution in [0.3, 0.4) is 0 Å². The number of rotatable bonds is 5. The van der Waals surface area contributed by atoms with Crippen LogP contribution in [-0.4, -0.2) is 32.4 Å². The number of thioether (sulfide) groups is 1. The van der Waals surface area contributed by atoms with E-state index in [4.69, 9.17) is 37.4 Å². The van der Waals surface area contributed by atoms with Crippen molar-refractivity contribution < 1.29 is 19.0 Å². The third kappa shape index (κ3) is 4.38. The molecule has 0 spiro atoms. The number of carbonyl (C=O) groups is 1. The Labute approximate surface area is 176 Å². The molecule has 3 rings (SSSR count). The van der Waals surface area contributed by atoms with Crippen molar-refractivity contribution in [3.8, 4) is 17.2 Å². The highest BCUT2D eigenvalue weighted by molar-refractivity contribution is 8.18. The summed E-state index contributed by atoms with van der Waals surface area (Å²) in [5.74, 6) is 1.22. The van der Waals surface area contributed by atoms with E-state index in [1.54, 1.807) is 36.4 Å². The molecule has 6 nitrogen and oxygen atoms in total. The van der Waals surface area contributed by atoms with Crippen LogP contribution in [0, 0.1) is 0 Å². The fraction of sp³-hybridized carbons (Fsp3) is 0.158. The minimum atomic E-state index is -0.261. The van der Waals surface area contributed by atoms with Gasteiger partial charge in [-0.1, -0.05) is 23.2 Å². The molecule has 0 aliphatic carbocycles. The van der Waals surface area contributed by atoms with Gasteiger partial charge in [-0.25, -0.2) is 4.99 Å². The SMILES string of the molecule is COc1cc(/C=C2\SC(=Nc3ccc(Cl)cc3Cl)NC2=O)cc(OC)c1OC. The van der Waals surface area contributed by atoms with Crippen molar-refractivity contribution in [3.05, 3.63) is 50.8 Å². The highest BCUT2D eigenvalue weighted by Gasteiger charge is 2.24. The molecule has 0 aromatic heterocycles. The quantitative estimate of drug-likeness (QED) is 0.671. The number of methoxy groups -OCH3 is 3. The number of amides is 1. The molecule has 0 saturated carbocycles. The average Bonchev–Trinajstić information content (AvgIpc) is 3.02. The first-order valence-corrected chi connectivity index (χ1v) is 9.57. The number of benzene rings is 2. The van der Waals surface area contributed by atoms with E-state index in [1.165, 1.54) is 33.1 Å². The van der Waals surface area contributed by atoms with Gasteiger partial charge in [-0.15, -0.1) is 0 Å². The second kappa shape index (κ2) is 8.77. The number of aliphatic imine (C=N–C) groups is 1. The number of carbonyl (C=O) groups excluding carboxylic acids is 1. The summed E-state index contributed by atoms with van der Waals surface area (Å²) < 4.78 is 16.0. The molecule has 1 amide bonds. The van der Waals surface area contributed by atoms with Crippen LogP contribution in [-0.2, 0) is 4.79 Å². The Morgan fingerprint density at radius 3 is 2.29 bits per heavy atom. The lowest BCUT2D eigenvalue weighted by atomic mass is 10.1. The fourth-order valence-electron chi connectivity index (χ4n) is 2.50. The highest BCUT2D eigenvalue weighted by Crippen LogP contribution is 2.39. The summed E-state index contributed by atoms with van der Waals surface area (Å²) >= 11 is 13.2. The molecule has 0 bridgehead atoms. The molecular formula is C19H16Cl2N2O4S. The summed E-state index contributed by atoms with van der Waals surface area (Å²) in [6.45, 7) is 0. The summed E-state index contributed by atoms with van der Waals surface area (Å²) in [6.07, 6.45) is 1.72.